The van der Waals surface area contributed by atoms with E-state index < -0.39 is 11.4 Å². The van der Waals surface area contributed by atoms with Crippen LogP contribution >= 0.6 is 0 Å². The Kier molecular flexibility index (Phi) is 5.42. The fourth-order valence-electron chi connectivity index (χ4n) is 1.13. The Morgan fingerprint density at radius 3 is 2.14 bits per heavy atom. The van der Waals surface area contributed by atoms with Crippen molar-refractivity contribution in [3.8, 4) is 0 Å². The maximum atomic E-state index is 10.5. The SMILES string of the molecule is C=C(CCC(CC)(CO)CO)C(=O)O. The van der Waals surface area contributed by atoms with Crippen molar-refractivity contribution in [1.29, 1.82) is 0 Å². The van der Waals surface area contributed by atoms with E-state index in [1.54, 1.807) is 0 Å². The standard InChI is InChI=1S/C10H18O4/c1-3-10(6-11,7-12)5-4-8(2)9(13)14/h11-12H,2-7H2,1H3,(H,13,14). The number of aliphatic carboxylic acids is 1. The molecule has 82 valence electrons. The van der Waals surface area contributed by atoms with Crippen LogP contribution in [-0.4, -0.2) is 34.5 Å². The van der Waals surface area contributed by atoms with Crippen molar-refractivity contribution in [2.24, 2.45) is 5.41 Å². The molecule has 3 N–H and O–H groups in total. The van der Waals surface area contributed by atoms with Crippen LogP contribution in [-0.2, 0) is 4.79 Å². The number of carboxylic acid groups (broad SMARTS) is 1. The van der Waals surface area contributed by atoms with Gasteiger partial charge in [0.25, 0.3) is 0 Å². The summed E-state index contributed by atoms with van der Waals surface area (Å²) in [6.45, 7) is 4.99. The smallest absolute Gasteiger partial charge is 0.330 e. The number of hydrogen-bond acceptors (Lipinski definition) is 3. The van der Waals surface area contributed by atoms with Crippen LogP contribution in [0.2, 0.25) is 0 Å². The predicted molar refractivity (Wildman–Crippen MR) is 52.9 cm³/mol. The summed E-state index contributed by atoms with van der Waals surface area (Å²) in [5.41, 5.74) is -0.456. The van der Waals surface area contributed by atoms with Gasteiger partial charge in [-0.1, -0.05) is 13.5 Å². The summed E-state index contributed by atoms with van der Waals surface area (Å²) < 4.78 is 0. The fraction of sp³-hybridized carbons (Fsp3) is 0.700. The summed E-state index contributed by atoms with van der Waals surface area (Å²) in [6, 6.07) is 0. The van der Waals surface area contributed by atoms with Crippen LogP contribution in [0.25, 0.3) is 0 Å². The zero-order valence-corrected chi connectivity index (χ0v) is 8.49. The molecule has 0 radical (unpaired) electrons. The fourth-order valence-corrected chi connectivity index (χ4v) is 1.13. The minimum Gasteiger partial charge on any atom is -0.478 e. The molecule has 14 heavy (non-hydrogen) atoms. The lowest BCUT2D eigenvalue weighted by Gasteiger charge is -2.28. The van der Waals surface area contributed by atoms with E-state index in [2.05, 4.69) is 6.58 Å². The first kappa shape index (κ1) is 13.1. The number of aliphatic hydroxyl groups excluding tert-OH is 2. The highest BCUT2D eigenvalue weighted by molar-refractivity contribution is 5.85. The average molecular weight is 202 g/mol. The Labute approximate surface area is 83.9 Å². The normalized spacial score (nSPS) is 11.4. The van der Waals surface area contributed by atoms with Gasteiger partial charge in [0.05, 0.1) is 13.2 Å². The first-order chi connectivity index (χ1) is 6.51. The second kappa shape index (κ2) is 5.78. The molecule has 0 rings (SSSR count). The van der Waals surface area contributed by atoms with Gasteiger partial charge in [0.2, 0.25) is 0 Å². The van der Waals surface area contributed by atoms with E-state index in [0.29, 0.717) is 19.3 Å². The maximum absolute atomic E-state index is 10.5. The lowest BCUT2D eigenvalue weighted by Crippen LogP contribution is -2.29. The maximum Gasteiger partial charge on any atom is 0.330 e. The van der Waals surface area contributed by atoms with Crippen molar-refractivity contribution in [2.45, 2.75) is 26.2 Å². The summed E-state index contributed by atoms with van der Waals surface area (Å²) in [4.78, 5) is 10.5. The zero-order valence-electron chi connectivity index (χ0n) is 8.49. The summed E-state index contributed by atoms with van der Waals surface area (Å²) >= 11 is 0. The molecule has 0 saturated carbocycles. The first-order valence-corrected chi connectivity index (χ1v) is 4.64. The third-order valence-corrected chi connectivity index (χ3v) is 2.68. The molecule has 0 aromatic heterocycles. The highest BCUT2D eigenvalue weighted by Gasteiger charge is 2.26. The molecule has 0 heterocycles. The van der Waals surface area contributed by atoms with Crippen LogP contribution in [0.1, 0.15) is 26.2 Å². The van der Waals surface area contributed by atoms with E-state index >= 15 is 0 Å². The van der Waals surface area contributed by atoms with Gasteiger partial charge in [0.1, 0.15) is 0 Å². The van der Waals surface area contributed by atoms with Gasteiger partial charge in [-0.15, -0.1) is 0 Å². The van der Waals surface area contributed by atoms with Gasteiger partial charge in [-0.25, -0.2) is 4.79 Å². The average Bonchev–Trinajstić information content (AvgIpc) is 2.20. The van der Waals surface area contributed by atoms with Gasteiger partial charge in [-0.3, -0.25) is 0 Å². The third-order valence-electron chi connectivity index (χ3n) is 2.68. The van der Waals surface area contributed by atoms with Crippen molar-refractivity contribution >= 4 is 5.97 Å². The van der Waals surface area contributed by atoms with E-state index in [9.17, 15) is 4.79 Å². The molecule has 4 nitrogen and oxygen atoms in total. The highest BCUT2D eigenvalue weighted by atomic mass is 16.4. The van der Waals surface area contributed by atoms with Gasteiger partial charge < -0.3 is 15.3 Å². The van der Waals surface area contributed by atoms with Crippen LogP contribution in [0, 0.1) is 5.41 Å². The van der Waals surface area contributed by atoms with E-state index in [1.807, 2.05) is 6.92 Å². The molecule has 0 aliphatic carbocycles. The van der Waals surface area contributed by atoms with Gasteiger partial charge >= 0.3 is 5.97 Å². The summed E-state index contributed by atoms with van der Waals surface area (Å²) in [5.74, 6) is -1.02. The molecule has 0 saturated heterocycles. The second-order valence-corrected chi connectivity index (χ2v) is 3.58. The Hall–Kier alpha value is -0.870. The minimum absolute atomic E-state index is 0.115. The molecule has 0 atom stereocenters. The van der Waals surface area contributed by atoms with E-state index in [-0.39, 0.29) is 18.8 Å². The molecule has 4 heteroatoms. The van der Waals surface area contributed by atoms with Crippen LogP contribution in [0.15, 0.2) is 12.2 Å². The molecule has 0 aromatic rings. The Morgan fingerprint density at radius 2 is 1.86 bits per heavy atom. The van der Waals surface area contributed by atoms with Crippen molar-refractivity contribution in [2.75, 3.05) is 13.2 Å². The van der Waals surface area contributed by atoms with E-state index in [0.717, 1.165) is 0 Å². The van der Waals surface area contributed by atoms with Gasteiger partial charge in [0.15, 0.2) is 0 Å². The van der Waals surface area contributed by atoms with Crippen LogP contribution in [0.3, 0.4) is 0 Å². The molecular weight excluding hydrogens is 184 g/mol. The van der Waals surface area contributed by atoms with Crippen molar-refractivity contribution in [3.63, 3.8) is 0 Å². The molecule has 0 bridgehead atoms. The lowest BCUT2D eigenvalue weighted by atomic mass is 9.81. The number of carbonyl (C=O) groups is 1. The molecule has 0 spiro atoms. The van der Waals surface area contributed by atoms with Crippen LogP contribution in [0.4, 0.5) is 0 Å². The summed E-state index contributed by atoms with van der Waals surface area (Å²) in [6.07, 6.45) is 1.36. The van der Waals surface area contributed by atoms with Gasteiger partial charge in [-0.2, -0.15) is 0 Å². The van der Waals surface area contributed by atoms with E-state index in [4.69, 9.17) is 15.3 Å². The third kappa shape index (κ3) is 3.47. The quantitative estimate of drug-likeness (QED) is 0.533. The zero-order chi connectivity index (χ0) is 11.2. The molecule has 0 aliphatic rings. The lowest BCUT2D eigenvalue weighted by molar-refractivity contribution is -0.132. The molecule has 0 aromatic carbocycles. The largest absolute Gasteiger partial charge is 0.478 e. The Morgan fingerprint density at radius 1 is 1.36 bits per heavy atom. The molecule has 0 fully saturated rings. The van der Waals surface area contributed by atoms with Gasteiger partial charge in [0, 0.05) is 11.0 Å². The topological polar surface area (TPSA) is 77.8 Å². The van der Waals surface area contributed by atoms with Crippen molar-refractivity contribution in [3.05, 3.63) is 12.2 Å². The number of rotatable bonds is 7. The summed E-state index contributed by atoms with van der Waals surface area (Å²) in [5, 5.41) is 26.8. The predicted octanol–water partition coefficient (Wildman–Crippen LogP) is 0.788. The monoisotopic (exact) mass is 202 g/mol. The van der Waals surface area contributed by atoms with Crippen molar-refractivity contribution in [1.82, 2.24) is 0 Å². The van der Waals surface area contributed by atoms with Gasteiger partial charge in [-0.05, 0) is 19.3 Å². The first-order valence-electron chi connectivity index (χ1n) is 4.64. The van der Waals surface area contributed by atoms with E-state index in [1.165, 1.54) is 0 Å². The Bertz CT molecular complexity index is 198. The number of aliphatic hydroxyl groups is 2. The molecule has 0 amide bonds. The second-order valence-electron chi connectivity index (χ2n) is 3.58. The highest BCUT2D eigenvalue weighted by Crippen LogP contribution is 2.28. The molecule has 0 aliphatic heterocycles. The van der Waals surface area contributed by atoms with Crippen LogP contribution < -0.4 is 0 Å². The number of hydrogen-bond donors (Lipinski definition) is 3. The summed E-state index contributed by atoms with van der Waals surface area (Å²) in [7, 11) is 0. The van der Waals surface area contributed by atoms with Crippen molar-refractivity contribution < 1.29 is 20.1 Å². The minimum atomic E-state index is -1.02. The molecule has 0 unspecified atom stereocenters. The number of carboxylic acids is 1. The van der Waals surface area contributed by atoms with Crippen LogP contribution in [0.5, 0.6) is 0 Å². The Balaban J connectivity index is 4.19. The molecular formula is C10H18O4.